The number of benzene rings is 1. The third-order valence-corrected chi connectivity index (χ3v) is 5.59. The summed E-state index contributed by atoms with van der Waals surface area (Å²) in [7, 11) is 0. The largest absolute Gasteiger partial charge is 0.356 e. The summed E-state index contributed by atoms with van der Waals surface area (Å²) in [5, 5.41) is 3.12. The molecular weight excluding hydrogens is 336 g/mol. The van der Waals surface area contributed by atoms with Crippen LogP contribution in [0, 0.1) is 0 Å². The van der Waals surface area contributed by atoms with Gasteiger partial charge in [-0.05, 0) is 62.0 Å². The summed E-state index contributed by atoms with van der Waals surface area (Å²) in [6.45, 7) is 5.84. The standard InChI is InChI=1S/C22H28N4O/c27-22(20-10-7-11-23-21(20)26-14-5-6-15-26)24-16-18-8-1-2-9-19(18)17-25-12-3-4-13-25/h1-2,7-11H,3-6,12-17H2,(H,24,27). The predicted octanol–water partition coefficient (Wildman–Crippen LogP) is 3.21. The SMILES string of the molecule is O=C(NCc1ccccc1CN1CCCC1)c1cccnc1N1CCCC1. The van der Waals surface area contributed by atoms with E-state index in [0.717, 1.165) is 25.5 Å². The molecule has 0 unspecified atom stereocenters. The van der Waals surface area contributed by atoms with Crippen LogP contribution in [0.1, 0.15) is 47.2 Å². The first-order valence-electron chi connectivity index (χ1n) is 10.1. The van der Waals surface area contributed by atoms with Gasteiger partial charge in [0, 0.05) is 32.4 Å². The lowest BCUT2D eigenvalue weighted by Gasteiger charge is -2.20. The highest BCUT2D eigenvalue weighted by atomic mass is 16.1. The molecule has 0 saturated carbocycles. The van der Waals surface area contributed by atoms with Gasteiger partial charge in [0.05, 0.1) is 5.56 Å². The zero-order valence-corrected chi connectivity index (χ0v) is 15.9. The van der Waals surface area contributed by atoms with Crippen LogP contribution in [-0.2, 0) is 13.1 Å². The Hall–Kier alpha value is -2.40. The second kappa shape index (κ2) is 8.53. The minimum Gasteiger partial charge on any atom is -0.356 e. The second-order valence-electron chi connectivity index (χ2n) is 7.50. The number of hydrogen-bond donors (Lipinski definition) is 1. The Bertz CT molecular complexity index is 779. The molecule has 0 aliphatic carbocycles. The van der Waals surface area contributed by atoms with Crippen molar-refractivity contribution in [1.82, 2.24) is 15.2 Å². The van der Waals surface area contributed by atoms with Crippen molar-refractivity contribution in [2.75, 3.05) is 31.1 Å². The van der Waals surface area contributed by atoms with Crippen molar-refractivity contribution >= 4 is 11.7 Å². The fraction of sp³-hybridized carbons (Fsp3) is 0.455. The Morgan fingerprint density at radius 1 is 0.926 bits per heavy atom. The number of pyridine rings is 1. The van der Waals surface area contributed by atoms with Gasteiger partial charge in [-0.3, -0.25) is 9.69 Å². The van der Waals surface area contributed by atoms with Crippen molar-refractivity contribution in [3.05, 3.63) is 59.3 Å². The Balaban J connectivity index is 1.44. The zero-order chi connectivity index (χ0) is 18.5. The molecule has 2 saturated heterocycles. The first kappa shape index (κ1) is 18.0. The van der Waals surface area contributed by atoms with Gasteiger partial charge in [0.15, 0.2) is 0 Å². The maximum atomic E-state index is 12.9. The molecule has 2 aliphatic rings. The van der Waals surface area contributed by atoms with Crippen molar-refractivity contribution < 1.29 is 4.79 Å². The van der Waals surface area contributed by atoms with Crippen LogP contribution in [0.25, 0.3) is 0 Å². The third kappa shape index (κ3) is 4.30. The highest BCUT2D eigenvalue weighted by molar-refractivity contribution is 5.98. The molecule has 0 bridgehead atoms. The fourth-order valence-electron chi connectivity index (χ4n) is 4.09. The number of anilines is 1. The summed E-state index contributed by atoms with van der Waals surface area (Å²) >= 11 is 0. The maximum absolute atomic E-state index is 12.9. The Morgan fingerprint density at radius 3 is 2.41 bits per heavy atom. The van der Waals surface area contributed by atoms with Crippen molar-refractivity contribution in [3.8, 4) is 0 Å². The number of likely N-dealkylation sites (tertiary alicyclic amines) is 1. The van der Waals surface area contributed by atoms with Crippen LogP contribution in [0.15, 0.2) is 42.6 Å². The second-order valence-corrected chi connectivity index (χ2v) is 7.50. The molecule has 4 rings (SSSR count). The molecule has 5 nitrogen and oxygen atoms in total. The first-order chi connectivity index (χ1) is 13.3. The van der Waals surface area contributed by atoms with Crippen molar-refractivity contribution in [2.24, 2.45) is 0 Å². The molecule has 1 aromatic carbocycles. The van der Waals surface area contributed by atoms with Crippen LogP contribution < -0.4 is 10.2 Å². The van der Waals surface area contributed by atoms with Crippen molar-refractivity contribution in [1.29, 1.82) is 0 Å². The highest BCUT2D eigenvalue weighted by Crippen LogP contribution is 2.22. The van der Waals surface area contributed by atoms with Gasteiger partial charge in [-0.1, -0.05) is 24.3 Å². The molecule has 1 N–H and O–H groups in total. The average Bonchev–Trinajstić information content (AvgIpc) is 3.41. The molecular formula is C22H28N4O. The van der Waals surface area contributed by atoms with E-state index in [-0.39, 0.29) is 5.91 Å². The van der Waals surface area contributed by atoms with E-state index in [1.165, 1.54) is 49.9 Å². The van der Waals surface area contributed by atoms with E-state index in [0.29, 0.717) is 12.1 Å². The van der Waals surface area contributed by atoms with Gasteiger partial charge < -0.3 is 10.2 Å². The average molecular weight is 364 g/mol. The van der Waals surface area contributed by atoms with Gasteiger partial charge in [0.25, 0.3) is 5.91 Å². The summed E-state index contributed by atoms with van der Waals surface area (Å²) < 4.78 is 0. The molecule has 0 radical (unpaired) electrons. The van der Waals surface area contributed by atoms with Gasteiger partial charge in [-0.2, -0.15) is 0 Å². The summed E-state index contributed by atoms with van der Waals surface area (Å²) in [6.07, 6.45) is 6.69. The molecule has 3 heterocycles. The molecule has 2 aromatic rings. The monoisotopic (exact) mass is 364 g/mol. The topological polar surface area (TPSA) is 48.5 Å². The minimum absolute atomic E-state index is 0.0408. The quantitative estimate of drug-likeness (QED) is 0.855. The Kier molecular flexibility index (Phi) is 5.68. The van der Waals surface area contributed by atoms with E-state index in [2.05, 4.69) is 44.4 Å². The molecule has 142 valence electrons. The van der Waals surface area contributed by atoms with Gasteiger partial charge in [-0.25, -0.2) is 4.98 Å². The van der Waals surface area contributed by atoms with Crippen molar-refractivity contribution in [2.45, 2.75) is 38.8 Å². The number of carbonyl (C=O) groups is 1. The lowest BCUT2D eigenvalue weighted by molar-refractivity contribution is 0.0951. The minimum atomic E-state index is -0.0408. The van der Waals surface area contributed by atoms with Crippen LogP contribution >= 0.6 is 0 Å². The molecule has 1 amide bonds. The summed E-state index contributed by atoms with van der Waals surface area (Å²) in [4.78, 5) is 22.1. The summed E-state index contributed by atoms with van der Waals surface area (Å²) in [5.41, 5.74) is 3.19. The lowest BCUT2D eigenvalue weighted by Crippen LogP contribution is -2.28. The van der Waals surface area contributed by atoms with Gasteiger partial charge in [0.2, 0.25) is 0 Å². The van der Waals surface area contributed by atoms with Crippen LogP contribution in [0.4, 0.5) is 5.82 Å². The van der Waals surface area contributed by atoms with Gasteiger partial charge in [0.1, 0.15) is 5.82 Å². The zero-order valence-electron chi connectivity index (χ0n) is 15.9. The van der Waals surface area contributed by atoms with Crippen LogP contribution in [0.2, 0.25) is 0 Å². The maximum Gasteiger partial charge on any atom is 0.255 e. The Morgan fingerprint density at radius 2 is 1.63 bits per heavy atom. The van der Waals surface area contributed by atoms with Gasteiger partial charge in [-0.15, -0.1) is 0 Å². The molecule has 5 heteroatoms. The van der Waals surface area contributed by atoms with Crippen LogP contribution in [0.3, 0.4) is 0 Å². The molecule has 2 fully saturated rings. The van der Waals surface area contributed by atoms with Crippen LogP contribution in [0.5, 0.6) is 0 Å². The van der Waals surface area contributed by atoms with E-state index >= 15 is 0 Å². The van der Waals surface area contributed by atoms with E-state index in [1.54, 1.807) is 6.20 Å². The lowest BCUT2D eigenvalue weighted by atomic mass is 10.1. The van der Waals surface area contributed by atoms with Crippen LogP contribution in [-0.4, -0.2) is 42.0 Å². The van der Waals surface area contributed by atoms with E-state index in [4.69, 9.17) is 0 Å². The molecule has 27 heavy (non-hydrogen) atoms. The number of aromatic nitrogens is 1. The van der Waals surface area contributed by atoms with E-state index < -0.39 is 0 Å². The highest BCUT2D eigenvalue weighted by Gasteiger charge is 2.20. The number of nitrogens with one attached hydrogen (secondary N) is 1. The number of hydrogen-bond acceptors (Lipinski definition) is 4. The first-order valence-corrected chi connectivity index (χ1v) is 10.1. The van der Waals surface area contributed by atoms with Gasteiger partial charge >= 0.3 is 0 Å². The fourth-order valence-corrected chi connectivity index (χ4v) is 4.09. The normalized spacial score (nSPS) is 17.4. The summed E-state index contributed by atoms with van der Waals surface area (Å²) in [5.74, 6) is 0.777. The Labute approximate surface area is 161 Å². The molecule has 0 atom stereocenters. The van der Waals surface area contributed by atoms with Crippen molar-refractivity contribution in [3.63, 3.8) is 0 Å². The summed E-state index contributed by atoms with van der Waals surface area (Å²) in [6, 6.07) is 12.2. The number of nitrogens with zero attached hydrogens (tertiary/aromatic N) is 3. The smallest absolute Gasteiger partial charge is 0.255 e. The number of amides is 1. The van der Waals surface area contributed by atoms with E-state index in [1.807, 2.05) is 12.1 Å². The molecule has 1 aromatic heterocycles. The van der Waals surface area contributed by atoms with E-state index in [9.17, 15) is 4.79 Å². The number of carbonyl (C=O) groups excluding carboxylic acids is 1. The number of rotatable bonds is 6. The molecule has 2 aliphatic heterocycles. The third-order valence-electron chi connectivity index (χ3n) is 5.59. The molecule has 0 spiro atoms. The predicted molar refractivity (Wildman–Crippen MR) is 108 cm³/mol.